The maximum absolute atomic E-state index is 14.0. The largest absolute Gasteiger partial charge is 0.361 e. The van der Waals surface area contributed by atoms with Gasteiger partial charge in [-0.05, 0) is 59.0 Å². The lowest BCUT2D eigenvalue weighted by Gasteiger charge is -2.23. The molecule has 0 amide bonds. The van der Waals surface area contributed by atoms with Crippen LogP contribution in [-0.2, 0) is 4.74 Å². The number of rotatable bonds is 4. The summed E-state index contributed by atoms with van der Waals surface area (Å²) >= 11 is 6.30. The molecule has 0 saturated heterocycles. The van der Waals surface area contributed by atoms with Gasteiger partial charge in [-0.3, -0.25) is 9.36 Å². The highest BCUT2D eigenvalue weighted by Crippen LogP contribution is 2.35. The van der Waals surface area contributed by atoms with E-state index in [9.17, 15) is 13.6 Å². The van der Waals surface area contributed by atoms with Crippen LogP contribution >= 0.6 is 11.6 Å². The van der Waals surface area contributed by atoms with Crippen LogP contribution in [0, 0.1) is 5.92 Å². The second-order valence-electron chi connectivity index (χ2n) is 10.4. The van der Waals surface area contributed by atoms with Gasteiger partial charge in [-0.2, -0.15) is 18.6 Å². The van der Waals surface area contributed by atoms with Crippen LogP contribution < -0.4 is 10.9 Å². The Labute approximate surface area is 250 Å². The fraction of sp³-hybridized carbons (Fsp3) is 0.310. The van der Waals surface area contributed by atoms with Crippen molar-refractivity contribution in [1.82, 2.24) is 39.5 Å². The molecule has 0 saturated carbocycles. The molecule has 6 rings (SSSR count). The van der Waals surface area contributed by atoms with E-state index in [0.717, 1.165) is 18.4 Å². The maximum atomic E-state index is 14.0. The monoisotopic (exact) mass is 607 g/mol. The van der Waals surface area contributed by atoms with E-state index in [1.165, 1.54) is 29.6 Å². The van der Waals surface area contributed by atoms with Gasteiger partial charge >= 0.3 is 6.55 Å². The van der Waals surface area contributed by atoms with Gasteiger partial charge in [0.25, 0.3) is 5.56 Å². The number of ether oxygens (including phenoxy) is 1. The number of alkyl halides is 2. The van der Waals surface area contributed by atoms with Gasteiger partial charge in [0.15, 0.2) is 0 Å². The van der Waals surface area contributed by atoms with Crippen molar-refractivity contribution < 1.29 is 13.5 Å². The molecule has 2 aromatic carbocycles. The Morgan fingerprint density at radius 1 is 1.12 bits per heavy atom. The lowest BCUT2D eigenvalue weighted by molar-refractivity contribution is 0.0585. The number of fused-ring (bicyclic) bond motifs is 4. The van der Waals surface area contributed by atoms with Crippen LogP contribution in [0.5, 0.6) is 0 Å². The van der Waals surface area contributed by atoms with Crippen LogP contribution in [0.1, 0.15) is 44.3 Å². The molecule has 2 atom stereocenters. The third-order valence-corrected chi connectivity index (χ3v) is 7.70. The lowest BCUT2D eigenvalue weighted by atomic mass is 9.95. The first kappa shape index (κ1) is 28.6. The number of nitrogens with one attached hydrogen (secondary N) is 1. The van der Waals surface area contributed by atoms with Gasteiger partial charge in [-0.1, -0.05) is 43.1 Å². The first-order valence-electron chi connectivity index (χ1n) is 13.8. The van der Waals surface area contributed by atoms with Crippen molar-refractivity contribution in [3.63, 3.8) is 0 Å². The Morgan fingerprint density at radius 3 is 2.79 bits per heavy atom. The molecule has 0 spiro atoms. The van der Waals surface area contributed by atoms with Crippen molar-refractivity contribution in [2.24, 2.45) is 5.92 Å². The quantitative estimate of drug-likeness (QED) is 0.281. The molecular weight excluding hydrogens is 580 g/mol. The summed E-state index contributed by atoms with van der Waals surface area (Å²) < 4.78 is 37.4. The van der Waals surface area contributed by atoms with E-state index < -0.39 is 12.6 Å². The number of aromatic nitrogens is 8. The fourth-order valence-corrected chi connectivity index (χ4v) is 5.57. The molecule has 0 unspecified atom stereocenters. The van der Waals surface area contributed by atoms with E-state index in [1.54, 1.807) is 34.9 Å². The summed E-state index contributed by atoms with van der Waals surface area (Å²) in [6.45, 7) is -0.0731. The molecule has 0 radical (unpaired) electrons. The summed E-state index contributed by atoms with van der Waals surface area (Å²) in [5.41, 5.74) is 3.33. The number of hydrogen-bond acceptors (Lipinski definition) is 8. The number of hydrogen-bond donors (Lipinski definition) is 1. The highest BCUT2D eigenvalue weighted by molar-refractivity contribution is 6.31. The third-order valence-electron chi connectivity index (χ3n) is 7.47. The first-order valence-corrected chi connectivity index (χ1v) is 14.2. The van der Waals surface area contributed by atoms with Gasteiger partial charge in [-0.25, -0.2) is 9.67 Å². The summed E-state index contributed by atoms with van der Waals surface area (Å²) in [5, 5.41) is 18.8. The third kappa shape index (κ3) is 6.04. The van der Waals surface area contributed by atoms with Crippen LogP contribution in [-0.4, -0.2) is 52.9 Å². The Morgan fingerprint density at radius 2 is 2.00 bits per heavy atom. The van der Waals surface area contributed by atoms with Gasteiger partial charge in [-0.15, -0.1) is 5.10 Å². The predicted octanol–water partition coefficient (Wildman–Crippen LogP) is 5.59. The van der Waals surface area contributed by atoms with Crippen molar-refractivity contribution in [2.45, 2.75) is 38.8 Å². The second kappa shape index (κ2) is 12.4. The van der Waals surface area contributed by atoms with Crippen molar-refractivity contribution >= 4 is 17.3 Å². The SMILES string of the molecule is C[C@@H]1CCC[C@H](n2cnc(-c3cc(Cl)ccc3-n3cnnn3)cc2=O)c2cccc(c2)-c2c(cnn2C(F)F)NCOC1. The van der Waals surface area contributed by atoms with E-state index >= 15 is 0 Å². The van der Waals surface area contributed by atoms with E-state index in [4.69, 9.17) is 16.3 Å². The summed E-state index contributed by atoms with van der Waals surface area (Å²) in [6.07, 6.45) is 6.65. The Bertz CT molecular complexity index is 1770. The Balaban J connectivity index is 1.43. The zero-order valence-corrected chi connectivity index (χ0v) is 23.9. The molecule has 43 heavy (non-hydrogen) atoms. The van der Waals surface area contributed by atoms with E-state index in [0.29, 0.717) is 50.9 Å². The zero-order valence-electron chi connectivity index (χ0n) is 23.1. The maximum Gasteiger partial charge on any atom is 0.333 e. The molecule has 4 heterocycles. The van der Waals surface area contributed by atoms with Crippen LogP contribution in [0.4, 0.5) is 14.5 Å². The minimum Gasteiger partial charge on any atom is -0.361 e. The average Bonchev–Trinajstić information content (AvgIpc) is 3.68. The smallest absolute Gasteiger partial charge is 0.333 e. The zero-order chi connectivity index (χ0) is 29.9. The minimum atomic E-state index is -2.84. The molecule has 222 valence electrons. The number of nitrogens with zero attached hydrogens (tertiary/aromatic N) is 8. The van der Waals surface area contributed by atoms with Crippen molar-refractivity contribution in [2.75, 3.05) is 18.7 Å². The number of tetrazole rings is 1. The molecule has 1 N–H and O–H groups in total. The summed E-state index contributed by atoms with van der Waals surface area (Å²) in [5.74, 6) is 0.254. The van der Waals surface area contributed by atoms with Gasteiger partial charge in [0.1, 0.15) is 13.1 Å². The normalized spacial score (nSPS) is 17.7. The molecular formula is C29H28ClF2N9O2. The summed E-state index contributed by atoms with van der Waals surface area (Å²) in [6, 6.07) is 13.5. The fourth-order valence-electron chi connectivity index (χ4n) is 5.40. The summed E-state index contributed by atoms with van der Waals surface area (Å²) in [4.78, 5) is 18.4. The highest BCUT2D eigenvalue weighted by Gasteiger charge is 2.23. The predicted molar refractivity (Wildman–Crippen MR) is 156 cm³/mol. The molecule has 0 aliphatic carbocycles. The molecule has 3 aromatic heterocycles. The van der Waals surface area contributed by atoms with Crippen LogP contribution in [0.3, 0.4) is 0 Å². The average molecular weight is 608 g/mol. The van der Waals surface area contributed by atoms with Crippen LogP contribution in [0.15, 0.2) is 72.2 Å². The first-order chi connectivity index (χ1) is 20.9. The van der Waals surface area contributed by atoms with Gasteiger partial charge in [0.05, 0.1) is 47.9 Å². The number of anilines is 1. The Hall–Kier alpha value is -4.49. The standard InChI is InChI=1S/C29H28ClF2N9O2/c1-18-4-2-7-25(19-5-3-6-20(10-19)28-24(34-17-43-14-18)13-36-41(28)29(31)32)39-15-33-23(12-27(39)42)22-11-21(30)8-9-26(22)40-16-35-37-38-40/h3,5-6,8-13,15-16,18,25,29,34H,2,4,7,14,17H2,1H3/t18-,25+/m1/s1. The minimum absolute atomic E-state index is 0.170. The van der Waals surface area contributed by atoms with E-state index in [1.807, 2.05) is 12.1 Å². The molecule has 5 aromatic rings. The summed E-state index contributed by atoms with van der Waals surface area (Å²) in [7, 11) is 0. The van der Waals surface area contributed by atoms with Crippen molar-refractivity contribution in [1.29, 1.82) is 0 Å². The van der Waals surface area contributed by atoms with E-state index in [-0.39, 0.29) is 23.9 Å². The second-order valence-corrected chi connectivity index (χ2v) is 10.9. The molecule has 11 nitrogen and oxygen atoms in total. The topological polar surface area (TPSA) is 118 Å². The molecule has 14 heteroatoms. The molecule has 0 fully saturated rings. The van der Waals surface area contributed by atoms with Crippen LogP contribution in [0.2, 0.25) is 5.02 Å². The molecule has 1 aliphatic heterocycles. The number of benzene rings is 2. The highest BCUT2D eigenvalue weighted by atomic mass is 35.5. The lowest BCUT2D eigenvalue weighted by Crippen LogP contribution is -2.26. The van der Waals surface area contributed by atoms with Gasteiger partial charge in [0.2, 0.25) is 0 Å². The van der Waals surface area contributed by atoms with E-state index in [2.05, 4.69) is 37.8 Å². The molecule has 1 aliphatic rings. The van der Waals surface area contributed by atoms with Gasteiger partial charge in [0, 0.05) is 22.2 Å². The number of halogens is 3. The van der Waals surface area contributed by atoms with Crippen LogP contribution in [0.25, 0.3) is 28.2 Å². The van der Waals surface area contributed by atoms with Crippen molar-refractivity contribution in [3.8, 4) is 28.2 Å². The van der Waals surface area contributed by atoms with Gasteiger partial charge < -0.3 is 10.1 Å². The molecule has 2 bridgehead atoms. The Kier molecular flexibility index (Phi) is 8.25. The van der Waals surface area contributed by atoms with Crippen molar-refractivity contribution in [3.05, 3.63) is 88.3 Å².